The minimum atomic E-state index is -4.58. The van der Waals surface area contributed by atoms with Crippen LogP contribution in [0.3, 0.4) is 0 Å². The molecule has 2 aliphatic heterocycles. The molecule has 290 valence electrons. The molecular formula is C44H36Br2F6N2O2. The Bertz CT molecular complexity index is 2420. The van der Waals surface area contributed by atoms with E-state index in [1.165, 1.54) is 24.3 Å². The van der Waals surface area contributed by atoms with Crippen LogP contribution in [0, 0.1) is 0 Å². The van der Waals surface area contributed by atoms with Gasteiger partial charge in [0.05, 0.1) is 16.5 Å². The molecule has 2 heterocycles. The van der Waals surface area contributed by atoms with Crippen LogP contribution in [0.5, 0.6) is 0 Å². The summed E-state index contributed by atoms with van der Waals surface area (Å²) in [5.41, 5.74) is 1.24. The van der Waals surface area contributed by atoms with Crippen molar-refractivity contribution >= 4 is 54.7 Å². The number of nitrogens with zero attached hydrogens (tertiary/aromatic N) is 2. The minimum Gasteiger partial charge on any atom is -0.871 e. The number of hydrogen-bond donors (Lipinski definition) is 0. The van der Waals surface area contributed by atoms with Gasteiger partial charge in [-0.1, -0.05) is 100.0 Å². The zero-order valence-corrected chi connectivity index (χ0v) is 34.0. The van der Waals surface area contributed by atoms with Crippen LogP contribution in [0.1, 0.15) is 61.1 Å². The average molecular weight is 899 g/mol. The first-order valence-corrected chi connectivity index (χ1v) is 19.5. The molecule has 1 aliphatic carbocycles. The smallest absolute Gasteiger partial charge is 0.416 e. The Morgan fingerprint density at radius 3 is 1.86 bits per heavy atom. The van der Waals surface area contributed by atoms with Crippen LogP contribution >= 0.6 is 31.9 Å². The van der Waals surface area contributed by atoms with Crippen molar-refractivity contribution in [1.29, 1.82) is 0 Å². The fourth-order valence-corrected chi connectivity index (χ4v) is 8.93. The molecule has 0 aromatic heterocycles. The highest BCUT2D eigenvalue weighted by molar-refractivity contribution is 9.10. The third kappa shape index (κ3) is 6.97. The number of carbonyl (C=O) groups excluding carboxylic acids is 1. The summed E-state index contributed by atoms with van der Waals surface area (Å²) < 4.78 is 87.2. The summed E-state index contributed by atoms with van der Waals surface area (Å²) in [5.74, 6) is -1.09. The first-order valence-electron chi connectivity index (χ1n) is 17.9. The molecule has 0 radical (unpaired) electrons. The molecule has 4 aromatic rings. The molecule has 0 unspecified atom stereocenters. The lowest BCUT2D eigenvalue weighted by Crippen LogP contribution is -2.35. The second kappa shape index (κ2) is 14.2. The van der Waals surface area contributed by atoms with E-state index in [0.717, 1.165) is 44.3 Å². The number of allylic oxidation sites excluding steroid dienone is 5. The maximum atomic E-state index is 14.0. The van der Waals surface area contributed by atoms with E-state index in [4.69, 9.17) is 0 Å². The van der Waals surface area contributed by atoms with E-state index in [2.05, 4.69) is 31.9 Å². The number of halogens is 8. The minimum absolute atomic E-state index is 0.109. The standard InChI is InChI=1S/C44H36Br2F6N2O2/c1-41(2)31-15-13-27(43(47,48)49)21-35(31)53(19-17-25-9-5-7-11-33(25)45)37(41)23-29-39(55)30(40(29)56)24-38-42(3,4)32-16-14-28(44(50,51)52)22-36(32)54(38)20-18-26-10-6-8-12-34(26)46/h5-16,21-24H,17-20H2,1-4H3. The van der Waals surface area contributed by atoms with Gasteiger partial charge in [0.1, 0.15) is 0 Å². The Balaban J connectivity index is 1.32. The molecule has 0 amide bonds. The molecule has 0 atom stereocenters. The molecule has 0 N–H and O–H groups in total. The summed E-state index contributed by atoms with van der Waals surface area (Å²) >= 11 is 7.10. The zero-order valence-electron chi connectivity index (χ0n) is 30.8. The predicted molar refractivity (Wildman–Crippen MR) is 210 cm³/mol. The Morgan fingerprint density at radius 2 is 1.29 bits per heavy atom. The van der Waals surface area contributed by atoms with E-state index in [0.29, 0.717) is 46.8 Å². The second-order valence-corrected chi connectivity index (χ2v) is 16.9. The SMILES string of the molecule is CC1(C)C(/C=C2/C(=O)C(/C=C3\N(CCc4ccccc4Br)c4cc(C(F)(F)F)ccc4C3(C)C)=C2[O-])=[N+](CCc2ccccc2Br)c2cc(C(F)(F)F)ccc21. The van der Waals surface area contributed by atoms with Crippen molar-refractivity contribution < 1.29 is 40.8 Å². The molecule has 4 aromatic carbocycles. The van der Waals surface area contributed by atoms with Gasteiger partial charge >= 0.3 is 12.4 Å². The van der Waals surface area contributed by atoms with Gasteiger partial charge in [0.2, 0.25) is 5.69 Å². The third-order valence-corrected chi connectivity index (χ3v) is 12.7. The maximum Gasteiger partial charge on any atom is 0.416 e. The lowest BCUT2D eigenvalue weighted by atomic mass is 9.77. The van der Waals surface area contributed by atoms with E-state index in [1.54, 1.807) is 9.48 Å². The van der Waals surface area contributed by atoms with Gasteiger partial charge in [0, 0.05) is 67.6 Å². The van der Waals surface area contributed by atoms with Gasteiger partial charge in [-0.2, -0.15) is 30.9 Å². The number of hydrogen-bond acceptors (Lipinski definition) is 3. The van der Waals surface area contributed by atoms with Crippen LogP contribution in [0.15, 0.2) is 129 Å². The van der Waals surface area contributed by atoms with Crippen molar-refractivity contribution in [2.75, 3.05) is 18.0 Å². The predicted octanol–water partition coefficient (Wildman–Crippen LogP) is 10.9. The zero-order chi connectivity index (χ0) is 40.5. The summed E-state index contributed by atoms with van der Waals surface area (Å²) in [6.45, 7) is 7.92. The summed E-state index contributed by atoms with van der Waals surface area (Å²) in [6.07, 6.45) is -5.28. The Labute approximate surface area is 337 Å². The number of ketones is 1. The van der Waals surface area contributed by atoms with Crippen LogP contribution in [-0.4, -0.2) is 29.2 Å². The molecule has 4 nitrogen and oxygen atoms in total. The fourth-order valence-electron chi connectivity index (χ4n) is 7.96. The first kappa shape index (κ1) is 39.8. The van der Waals surface area contributed by atoms with Gasteiger partial charge in [0.15, 0.2) is 18.0 Å². The molecule has 0 saturated heterocycles. The normalized spacial score (nSPS) is 18.9. The Hall–Kier alpha value is -4.42. The molecule has 7 rings (SSSR count). The van der Waals surface area contributed by atoms with Crippen molar-refractivity contribution in [2.24, 2.45) is 0 Å². The van der Waals surface area contributed by atoms with Gasteiger partial charge in [-0.05, 0) is 73.4 Å². The second-order valence-electron chi connectivity index (χ2n) is 15.2. The maximum absolute atomic E-state index is 14.0. The summed E-state index contributed by atoms with van der Waals surface area (Å²) in [7, 11) is 0. The largest absolute Gasteiger partial charge is 0.871 e. The van der Waals surface area contributed by atoms with Crippen molar-refractivity contribution in [1.82, 2.24) is 0 Å². The van der Waals surface area contributed by atoms with E-state index >= 15 is 0 Å². The Morgan fingerprint density at radius 1 is 0.732 bits per heavy atom. The van der Waals surface area contributed by atoms with Crippen LogP contribution in [-0.2, 0) is 40.8 Å². The molecule has 56 heavy (non-hydrogen) atoms. The van der Waals surface area contributed by atoms with Crippen LogP contribution < -0.4 is 10.0 Å². The van der Waals surface area contributed by atoms with Crippen LogP contribution in [0.25, 0.3) is 0 Å². The lowest BCUT2D eigenvalue weighted by Gasteiger charge is -2.33. The molecule has 3 aliphatic rings. The summed E-state index contributed by atoms with van der Waals surface area (Å²) in [6, 6.07) is 22.3. The van der Waals surface area contributed by atoms with Crippen molar-refractivity contribution in [3.8, 4) is 0 Å². The number of alkyl halides is 6. The van der Waals surface area contributed by atoms with Gasteiger partial charge in [-0.3, -0.25) is 4.79 Å². The van der Waals surface area contributed by atoms with E-state index in [-0.39, 0.29) is 24.2 Å². The first-order chi connectivity index (χ1) is 26.2. The monoisotopic (exact) mass is 896 g/mol. The van der Waals surface area contributed by atoms with Gasteiger partial charge < -0.3 is 10.0 Å². The van der Waals surface area contributed by atoms with Crippen LogP contribution in [0.4, 0.5) is 37.7 Å². The van der Waals surface area contributed by atoms with Crippen molar-refractivity contribution in [3.63, 3.8) is 0 Å². The molecule has 0 bridgehead atoms. The molecule has 12 heteroatoms. The lowest BCUT2D eigenvalue weighted by molar-refractivity contribution is -0.437. The highest BCUT2D eigenvalue weighted by Crippen LogP contribution is 2.51. The third-order valence-electron chi connectivity index (χ3n) is 11.1. The molecule has 0 fully saturated rings. The van der Waals surface area contributed by atoms with E-state index in [1.807, 2.05) is 76.2 Å². The van der Waals surface area contributed by atoms with E-state index < -0.39 is 45.9 Å². The molecular weight excluding hydrogens is 862 g/mol. The number of carbonyl (C=O) groups is 1. The van der Waals surface area contributed by atoms with Crippen LogP contribution in [0.2, 0.25) is 0 Å². The fraction of sp³-hybridized carbons (Fsp3) is 0.273. The molecule has 0 spiro atoms. The number of rotatable bonds is 8. The topological polar surface area (TPSA) is 46.4 Å². The van der Waals surface area contributed by atoms with E-state index in [9.17, 15) is 36.2 Å². The number of Topliss-reactive ketones (excluding diaryl/α,β-unsaturated/α-hetero) is 1. The number of benzene rings is 4. The molecule has 0 saturated carbocycles. The summed E-state index contributed by atoms with van der Waals surface area (Å²) in [4.78, 5) is 15.8. The van der Waals surface area contributed by atoms with Crippen molar-refractivity contribution in [2.45, 2.75) is 63.7 Å². The highest BCUT2D eigenvalue weighted by atomic mass is 79.9. The average Bonchev–Trinajstić information content (AvgIpc) is 3.48. The number of anilines is 1. The van der Waals surface area contributed by atoms with Crippen molar-refractivity contribution in [3.05, 3.63) is 162 Å². The highest BCUT2D eigenvalue weighted by Gasteiger charge is 2.48. The van der Waals surface area contributed by atoms with Gasteiger partial charge in [0.25, 0.3) is 0 Å². The Kier molecular flexibility index (Phi) is 10.1. The number of fused-ring (bicyclic) bond motifs is 2. The quantitative estimate of drug-likeness (QED) is 0.101. The van der Waals surface area contributed by atoms with Gasteiger partial charge in [-0.25, -0.2) is 0 Å². The summed E-state index contributed by atoms with van der Waals surface area (Å²) in [5, 5.41) is 14.0. The van der Waals surface area contributed by atoms with Gasteiger partial charge in [-0.15, -0.1) is 0 Å².